The fourth-order valence-corrected chi connectivity index (χ4v) is 2.76. The Morgan fingerprint density at radius 2 is 1.60 bits per heavy atom. The van der Waals surface area contributed by atoms with E-state index in [0.717, 1.165) is 4.90 Å². The number of benzene rings is 2. The van der Waals surface area contributed by atoms with Crippen LogP contribution in [0.3, 0.4) is 0 Å². The molecule has 0 saturated carbocycles. The summed E-state index contributed by atoms with van der Waals surface area (Å²) in [5, 5.41) is 9.42. The molecule has 3 heteroatoms. The lowest BCUT2D eigenvalue weighted by molar-refractivity contribution is 0.474. The van der Waals surface area contributed by atoms with E-state index in [1.807, 2.05) is 12.1 Å². The van der Waals surface area contributed by atoms with E-state index in [1.54, 1.807) is 19.2 Å². The average Bonchev–Trinajstić information content (AvgIpc) is 2.41. The van der Waals surface area contributed by atoms with Crippen molar-refractivity contribution in [2.45, 2.75) is 31.1 Å². The average molecular weight is 288 g/mol. The molecule has 0 aliphatic carbocycles. The van der Waals surface area contributed by atoms with Crippen LogP contribution in [0, 0.1) is 6.92 Å². The van der Waals surface area contributed by atoms with E-state index >= 15 is 0 Å². The lowest BCUT2D eigenvalue weighted by Crippen LogP contribution is -2.18. The smallest absolute Gasteiger partial charge is 0.115 e. The molecule has 2 aromatic carbocycles. The molecule has 106 valence electrons. The Morgan fingerprint density at radius 1 is 1.00 bits per heavy atom. The minimum atomic E-state index is -0.102. The van der Waals surface area contributed by atoms with Crippen molar-refractivity contribution < 1.29 is 9.29 Å². The second kappa shape index (κ2) is 5.90. The molecule has 1 N–H and O–H groups in total. The van der Waals surface area contributed by atoms with Crippen LogP contribution >= 0.6 is 12.0 Å². The van der Waals surface area contributed by atoms with Gasteiger partial charge < -0.3 is 9.29 Å². The number of rotatable bonds is 4. The van der Waals surface area contributed by atoms with Gasteiger partial charge in [0.1, 0.15) is 5.75 Å². The van der Waals surface area contributed by atoms with Crippen molar-refractivity contribution in [2.75, 3.05) is 7.11 Å². The van der Waals surface area contributed by atoms with Gasteiger partial charge in [-0.25, -0.2) is 0 Å². The monoisotopic (exact) mass is 288 g/mol. The molecule has 0 atom stereocenters. The number of aromatic hydroxyl groups is 1. The van der Waals surface area contributed by atoms with Gasteiger partial charge in [-0.15, -0.1) is 0 Å². The zero-order valence-electron chi connectivity index (χ0n) is 12.3. The summed E-state index contributed by atoms with van der Waals surface area (Å²) in [5.41, 5.74) is 3.54. The van der Waals surface area contributed by atoms with Gasteiger partial charge >= 0.3 is 0 Å². The summed E-state index contributed by atoms with van der Waals surface area (Å²) in [5.74, 6) is 0.299. The standard InChI is InChI=1S/C17H20O2S/c1-12-11-14(7-10-16(12)20-19-4)17(2,3)13-5-8-15(18)9-6-13/h5-11,18H,1-4H3. The van der Waals surface area contributed by atoms with Crippen LogP contribution in [0.5, 0.6) is 5.75 Å². The van der Waals surface area contributed by atoms with Crippen LogP contribution in [-0.2, 0) is 9.60 Å². The summed E-state index contributed by atoms with van der Waals surface area (Å²) in [6.07, 6.45) is 0. The lowest BCUT2D eigenvalue weighted by atomic mass is 9.78. The van der Waals surface area contributed by atoms with Gasteiger partial charge in [0.15, 0.2) is 0 Å². The molecule has 0 unspecified atom stereocenters. The molecule has 2 rings (SSSR count). The largest absolute Gasteiger partial charge is 0.508 e. The van der Waals surface area contributed by atoms with E-state index < -0.39 is 0 Å². The molecular formula is C17H20O2S. The third-order valence-electron chi connectivity index (χ3n) is 3.66. The molecule has 0 radical (unpaired) electrons. The Kier molecular flexibility index (Phi) is 4.41. The fraction of sp³-hybridized carbons (Fsp3) is 0.294. The third-order valence-corrected chi connectivity index (χ3v) is 4.46. The van der Waals surface area contributed by atoms with Gasteiger partial charge in [0.25, 0.3) is 0 Å². The second-order valence-electron chi connectivity index (χ2n) is 5.40. The molecule has 2 aromatic rings. The van der Waals surface area contributed by atoms with E-state index in [-0.39, 0.29) is 5.41 Å². The van der Waals surface area contributed by atoms with Gasteiger partial charge in [0, 0.05) is 22.4 Å². The molecular weight excluding hydrogens is 268 g/mol. The molecule has 0 bridgehead atoms. The van der Waals surface area contributed by atoms with Crippen LogP contribution in [-0.4, -0.2) is 12.2 Å². The van der Waals surface area contributed by atoms with Crippen LogP contribution in [0.15, 0.2) is 47.4 Å². The Morgan fingerprint density at radius 3 is 2.15 bits per heavy atom. The predicted molar refractivity (Wildman–Crippen MR) is 84.3 cm³/mol. The van der Waals surface area contributed by atoms with Gasteiger partial charge in [0.2, 0.25) is 0 Å². The van der Waals surface area contributed by atoms with Gasteiger partial charge in [-0.3, -0.25) is 0 Å². The lowest BCUT2D eigenvalue weighted by Gasteiger charge is -2.27. The minimum absolute atomic E-state index is 0.102. The SMILES string of the molecule is COSc1ccc(C(C)(C)c2ccc(O)cc2)cc1C. The highest BCUT2D eigenvalue weighted by Gasteiger charge is 2.23. The maximum atomic E-state index is 9.42. The Labute approximate surface area is 125 Å². The first-order valence-electron chi connectivity index (χ1n) is 6.56. The first-order chi connectivity index (χ1) is 9.45. The van der Waals surface area contributed by atoms with Crippen molar-refractivity contribution in [3.05, 3.63) is 59.2 Å². The number of phenols is 1. The van der Waals surface area contributed by atoms with E-state index in [1.165, 1.54) is 28.7 Å². The summed E-state index contributed by atoms with van der Waals surface area (Å²) >= 11 is 1.39. The maximum absolute atomic E-state index is 9.42. The molecule has 0 amide bonds. The minimum Gasteiger partial charge on any atom is -0.508 e. The van der Waals surface area contributed by atoms with Gasteiger partial charge in [0.05, 0.1) is 7.11 Å². The predicted octanol–water partition coefficient (Wildman–Crippen LogP) is 4.68. The molecule has 0 saturated heterocycles. The molecule has 0 spiro atoms. The van der Waals surface area contributed by atoms with Crippen LogP contribution in [0.2, 0.25) is 0 Å². The van der Waals surface area contributed by atoms with Crippen molar-refractivity contribution in [2.24, 2.45) is 0 Å². The Balaban J connectivity index is 2.38. The zero-order valence-corrected chi connectivity index (χ0v) is 13.1. The Hall–Kier alpha value is -1.45. The van der Waals surface area contributed by atoms with Crippen molar-refractivity contribution in [1.29, 1.82) is 0 Å². The van der Waals surface area contributed by atoms with Crippen molar-refractivity contribution in [3.63, 3.8) is 0 Å². The van der Waals surface area contributed by atoms with Crippen molar-refractivity contribution >= 4 is 12.0 Å². The zero-order chi connectivity index (χ0) is 14.8. The first-order valence-corrected chi connectivity index (χ1v) is 7.30. The molecule has 0 aliphatic rings. The van der Waals surface area contributed by atoms with Gasteiger partial charge in [-0.2, -0.15) is 0 Å². The quantitative estimate of drug-likeness (QED) is 0.828. The summed E-state index contributed by atoms with van der Waals surface area (Å²) in [4.78, 5) is 1.14. The molecule has 20 heavy (non-hydrogen) atoms. The highest BCUT2D eigenvalue weighted by Crippen LogP contribution is 2.34. The van der Waals surface area contributed by atoms with E-state index in [9.17, 15) is 5.11 Å². The van der Waals surface area contributed by atoms with Gasteiger partial charge in [-0.1, -0.05) is 38.1 Å². The van der Waals surface area contributed by atoms with Crippen LogP contribution < -0.4 is 0 Å². The summed E-state index contributed by atoms with van der Waals surface area (Å²) < 4.78 is 5.12. The summed E-state index contributed by atoms with van der Waals surface area (Å²) in [6, 6.07) is 13.9. The number of aryl methyl sites for hydroxylation is 1. The summed E-state index contributed by atoms with van der Waals surface area (Å²) in [7, 11) is 1.68. The van der Waals surface area contributed by atoms with Crippen LogP contribution in [0.1, 0.15) is 30.5 Å². The molecule has 0 aromatic heterocycles. The number of phenolic OH excluding ortho intramolecular Hbond substituents is 1. The third kappa shape index (κ3) is 3.00. The van der Waals surface area contributed by atoms with Crippen LogP contribution in [0.25, 0.3) is 0 Å². The number of hydrogen-bond donors (Lipinski definition) is 1. The highest BCUT2D eigenvalue weighted by atomic mass is 32.2. The van der Waals surface area contributed by atoms with Crippen molar-refractivity contribution in [3.8, 4) is 5.75 Å². The number of hydrogen-bond acceptors (Lipinski definition) is 3. The molecule has 0 heterocycles. The molecule has 0 fully saturated rings. The molecule has 2 nitrogen and oxygen atoms in total. The topological polar surface area (TPSA) is 29.5 Å². The fourth-order valence-electron chi connectivity index (χ4n) is 2.27. The first kappa shape index (κ1) is 14.9. The van der Waals surface area contributed by atoms with E-state index in [2.05, 4.69) is 39.0 Å². The van der Waals surface area contributed by atoms with Gasteiger partial charge in [-0.05, 0) is 41.8 Å². The van der Waals surface area contributed by atoms with Crippen molar-refractivity contribution in [1.82, 2.24) is 0 Å². The Bertz CT molecular complexity index is 588. The molecule has 0 aliphatic heterocycles. The summed E-state index contributed by atoms with van der Waals surface area (Å²) in [6.45, 7) is 6.48. The highest BCUT2D eigenvalue weighted by molar-refractivity contribution is 7.94. The maximum Gasteiger partial charge on any atom is 0.115 e. The normalized spacial score (nSPS) is 11.6. The second-order valence-corrected chi connectivity index (χ2v) is 6.34. The van der Waals surface area contributed by atoms with Crippen LogP contribution in [0.4, 0.5) is 0 Å². The van der Waals surface area contributed by atoms with E-state index in [4.69, 9.17) is 4.18 Å². The van der Waals surface area contributed by atoms with E-state index in [0.29, 0.717) is 5.75 Å².